The highest BCUT2D eigenvalue weighted by atomic mass is 16.2. The highest BCUT2D eigenvalue weighted by Gasteiger charge is 2.36. The second kappa shape index (κ2) is 6.79. The Morgan fingerprint density at radius 3 is 2.52 bits per heavy atom. The Morgan fingerprint density at radius 2 is 1.84 bits per heavy atom. The van der Waals surface area contributed by atoms with E-state index in [9.17, 15) is 9.59 Å². The molecule has 5 nitrogen and oxygen atoms in total. The number of carbonyl (C=O) groups excluding carboxylic acids is 2. The van der Waals surface area contributed by atoms with Crippen molar-refractivity contribution in [2.45, 2.75) is 26.2 Å². The van der Waals surface area contributed by atoms with E-state index in [1.807, 2.05) is 34.9 Å². The van der Waals surface area contributed by atoms with Gasteiger partial charge in [-0.2, -0.15) is 0 Å². The van der Waals surface area contributed by atoms with E-state index in [2.05, 4.69) is 11.4 Å². The fraction of sp³-hybridized carbons (Fsp3) is 0.600. The maximum absolute atomic E-state index is 13.0. The van der Waals surface area contributed by atoms with Crippen LogP contribution in [0.15, 0.2) is 24.3 Å². The first-order chi connectivity index (χ1) is 12.1. The molecule has 25 heavy (non-hydrogen) atoms. The van der Waals surface area contributed by atoms with Crippen LogP contribution in [0.5, 0.6) is 0 Å². The molecule has 0 aliphatic carbocycles. The molecule has 4 rings (SSSR count). The summed E-state index contributed by atoms with van der Waals surface area (Å²) >= 11 is 0. The van der Waals surface area contributed by atoms with Crippen LogP contribution in [-0.2, 0) is 16.0 Å². The SMILES string of the molecule is CC(C(=O)N1CCC(C(=O)N2CCc3ccccc32)CC1)C1CNC1. The summed E-state index contributed by atoms with van der Waals surface area (Å²) in [4.78, 5) is 29.5. The molecule has 0 spiro atoms. The summed E-state index contributed by atoms with van der Waals surface area (Å²) in [5.74, 6) is 1.14. The fourth-order valence-corrected chi connectivity index (χ4v) is 4.29. The lowest BCUT2D eigenvalue weighted by molar-refractivity contribution is -0.140. The molecule has 1 atom stereocenters. The first-order valence-corrected chi connectivity index (χ1v) is 9.54. The number of anilines is 1. The summed E-state index contributed by atoms with van der Waals surface area (Å²) in [6.45, 7) is 6.19. The van der Waals surface area contributed by atoms with Gasteiger partial charge >= 0.3 is 0 Å². The average Bonchev–Trinajstić information content (AvgIpc) is 3.03. The van der Waals surface area contributed by atoms with E-state index in [-0.39, 0.29) is 23.7 Å². The molecule has 0 aromatic heterocycles. The molecule has 1 aromatic rings. The van der Waals surface area contributed by atoms with Gasteiger partial charge < -0.3 is 15.1 Å². The van der Waals surface area contributed by atoms with Gasteiger partial charge in [0.25, 0.3) is 0 Å². The van der Waals surface area contributed by atoms with E-state index >= 15 is 0 Å². The topological polar surface area (TPSA) is 52.7 Å². The number of hydrogen-bond acceptors (Lipinski definition) is 3. The molecule has 0 radical (unpaired) electrons. The largest absolute Gasteiger partial charge is 0.342 e. The first-order valence-electron chi connectivity index (χ1n) is 9.54. The fourth-order valence-electron chi connectivity index (χ4n) is 4.29. The van der Waals surface area contributed by atoms with Crippen LogP contribution in [-0.4, -0.2) is 49.4 Å². The van der Waals surface area contributed by atoms with Crippen molar-refractivity contribution >= 4 is 17.5 Å². The van der Waals surface area contributed by atoms with Crippen molar-refractivity contribution in [3.63, 3.8) is 0 Å². The molecule has 2 saturated heterocycles. The van der Waals surface area contributed by atoms with Crippen LogP contribution >= 0.6 is 0 Å². The molecule has 1 N–H and O–H groups in total. The lowest BCUT2D eigenvalue weighted by Crippen LogP contribution is -2.52. The summed E-state index contributed by atoms with van der Waals surface area (Å²) < 4.78 is 0. The second-order valence-corrected chi connectivity index (χ2v) is 7.68. The third-order valence-corrected chi connectivity index (χ3v) is 6.22. The molecular formula is C20H27N3O2. The van der Waals surface area contributed by atoms with E-state index in [4.69, 9.17) is 0 Å². The third-order valence-electron chi connectivity index (χ3n) is 6.22. The molecule has 3 heterocycles. The minimum atomic E-state index is 0.0517. The Morgan fingerprint density at radius 1 is 1.12 bits per heavy atom. The Hall–Kier alpha value is -1.88. The molecule has 0 saturated carbocycles. The van der Waals surface area contributed by atoms with Crippen molar-refractivity contribution in [1.82, 2.24) is 10.2 Å². The van der Waals surface area contributed by atoms with E-state index < -0.39 is 0 Å². The maximum Gasteiger partial charge on any atom is 0.230 e. The zero-order valence-corrected chi connectivity index (χ0v) is 14.9. The monoisotopic (exact) mass is 341 g/mol. The van der Waals surface area contributed by atoms with Gasteiger partial charge in [0, 0.05) is 37.2 Å². The summed E-state index contributed by atoms with van der Waals surface area (Å²) in [5, 5.41) is 3.24. The lowest BCUT2D eigenvalue weighted by Gasteiger charge is -2.38. The molecule has 0 bridgehead atoms. The third kappa shape index (κ3) is 3.06. The predicted molar refractivity (Wildman–Crippen MR) is 97.3 cm³/mol. The number of amides is 2. The molecular weight excluding hydrogens is 314 g/mol. The van der Waals surface area contributed by atoms with Gasteiger partial charge in [-0.25, -0.2) is 0 Å². The number of nitrogens with zero attached hydrogens (tertiary/aromatic N) is 2. The molecule has 5 heteroatoms. The number of likely N-dealkylation sites (tertiary alicyclic amines) is 1. The summed E-state index contributed by atoms with van der Waals surface area (Å²) in [5.41, 5.74) is 2.35. The Balaban J connectivity index is 1.34. The molecule has 1 aromatic carbocycles. The van der Waals surface area contributed by atoms with Crippen LogP contribution in [0.2, 0.25) is 0 Å². The summed E-state index contributed by atoms with van der Waals surface area (Å²) in [7, 11) is 0. The average molecular weight is 341 g/mol. The second-order valence-electron chi connectivity index (χ2n) is 7.68. The molecule has 2 amide bonds. The van der Waals surface area contributed by atoms with E-state index in [1.165, 1.54) is 5.56 Å². The zero-order chi connectivity index (χ0) is 17.4. The Labute approximate surface area is 149 Å². The summed E-state index contributed by atoms with van der Waals surface area (Å²) in [6, 6.07) is 8.20. The smallest absolute Gasteiger partial charge is 0.230 e. The van der Waals surface area contributed by atoms with Crippen molar-refractivity contribution < 1.29 is 9.59 Å². The minimum Gasteiger partial charge on any atom is -0.342 e. The molecule has 1 unspecified atom stereocenters. The van der Waals surface area contributed by atoms with Crippen LogP contribution in [0.25, 0.3) is 0 Å². The van der Waals surface area contributed by atoms with Gasteiger partial charge in [-0.15, -0.1) is 0 Å². The van der Waals surface area contributed by atoms with Crippen molar-refractivity contribution in [2.24, 2.45) is 17.8 Å². The minimum absolute atomic E-state index is 0.0517. The van der Waals surface area contributed by atoms with Crippen molar-refractivity contribution in [3.05, 3.63) is 29.8 Å². The number of piperidine rings is 1. The number of benzene rings is 1. The molecule has 3 aliphatic rings. The number of nitrogens with one attached hydrogen (secondary N) is 1. The standard InChI is InChI=1S/C20H27N3O2/c1-14(17-12-21-13-17)19(24)22-9-6-16(7-10-22)20(25)23-11-8-15-4-2-3-5-18(15)23/h2-5,14,16-17,21H,6-13H2,1H3. The van der Waals surface area contributed by atoms with E-state index in [1.54, 1.807) is 0 Å². The zero-order valence-electron chi connectivity index (χ0n) is 14.9. The van der Waals surface area contributed by atoms with Gasteiger partial charge in [-0.05, 0) is 49.9 Å². The van der Waals surface area contributed by atoms with Crippen LogP contribution in [0, 0.1) is 17.8 Å². The van der Waals surface area contributed by atoms with Gasteiger partial charge in [0.2, 0.25) is 11.8 Å². The number of carbonyl (C=O) groups is 2. The van der Waals surface area contributed by atoms with Crippen LogP contribution in [0.1, 0.15) is 25.3 Å². The highest BCUT2D eigenvalue weighted by molar-refractivity contribution is 5.97. The van der Waals surface area contributed by atoms with Crippen LogP contribution < -0.4 is 10.2 Å². The predicted octanol–water partition coefficient (Wildman–Crippen LogP) is 1.67. The summed E-state index contributed by atoms with van der Waals surface area (Å²) in [6.07, 6.45) is 2.53. The highest BCUT2D eigenvalue weighted by Crippen LogP contribution is 2.31. The molecule has 3 aliphatic heterocycles. The first kappa shape index (κ1) is 16.6. The Bertz CT molecular complexity index is 663. The van der Waals surface area contributed by atoms with Gasteiger partial charge in [-0.1, -0.05) is 25.1 Å². The van der Waals surface area contributed by atoms with E-state index in [0.29, 0.717) is 5.92 Å². The Kier molecular flexibility index (Phi) is 4.50. The normalized spacial score (nSPS) is 22.4. The number of rotatable bonds is 3. The van der Waals surface area contributed by atoms with Crippen molar-refractivity contribution in [1.29, 1.82) is 0 Å². The molecule has 2 fully saturated rings. The van der Waals surface area contributed by atoms with Crippen LogP contribution in [0.4, 0.5) is 5.69 Å². The molecule has 134 valence electrons. The van der Waals surface area contributed by atoms with Crippen LogP contribution in [0.3, 0.4) is 0 Å². The number of para-hydroxylation sites is 1. The van der Waals surface area contributed by atoms with Gasteiger partial charge in [0.1, 0.15) is 0 Å². The maximum atomic E-state index is 13.0. The quantitative estimate of drug-likeness (QED) is 0.910. The lowest BCUT2D eigenvalue weighted by atomic mass is 9.86. The number of hydrogen-bond donors (Lipinski definition) is 1. The van der Waals surface area contributed by atoms with E-state index in [0.717, 1.165) is 57.7 Å². The van der Waals surface area contributed by atoms with Gasteiger partial charge in [-0.3, -0.25) is 9.59 Å². The van der Waals surface area contributed by atoms with Crippen molar-refractivity contribution in [3.8, 4) is 0 Å². The number of fused-ring (bicyclic) bond motifs is 1. The van der Waals surface area contributed by atoms with Gasteiger partial charge in [0.05, 0.1) is 0 Å². The van der Waals surface area contributed by atoms with Gasteiger partial charge in [0.15, 0.2) is 0 Å². The van der Waals surface area contributed by atoms with Crippen molar-refractivity contribution in [2.75, 3.05) is 37.6 Å².